The number of hydrogen-bond donors (Lipinski definition) is 1. The molecular weight excluding hydrogens is 346 g/mol. The molecule has 2 unspecified atom stereocenters. The molecule has 4 aliphatic rings. The van der Waals surface area contributed by atoms with Gasteiger partial charge in [-0.25, -0.2) is 0 Å². The van der Waals surface area contributed by atoms with Crippen molar-refractivity contribution in [2.45, 2.75) is 69.1 Å². The van der Waals surface area contributed by atoms with E-state index in [-0.39, 0.29) is 5.91 Å². The molecule has 6 heteroatoms. The normalized spacial score (nSPS) is 26.2. The van der Waals surface area contributed by atoms with Gasteiger partial charge in [0.25, 0.3) is 11.8 Å². The summed E-state index contributed by atoms with van der Waals surface area (Å²) in [6.07, 6.45) is 11.1. The van der Waals surface area contributed by atoms with Crippen LogP contribution in [0.15, 0.2) is 16.2 Å². The van der Waals surface area contributed by atoms with Crippen LogP contribution in [0.2, 0.25) is 0 Å². The van der Waals surface area contributed by atoms with Gasteiger partial charge < -0.3 is 9.84 Å². The highest BCUT2D eigenvalue weighted by molar-refractivity contribution is 7.17. The van der Waals surface area contributed by atoms with Gasteiger partial charge in [0.15, 0.2) is 5.82 Å². The number of fused-ring (bicyclic) bond motifs is 5. The Morgan fingerprint density at radius 1 is 1.19 bits per heavy atom. The zero-order chi connectivity index (χ0) is 17.3. The first-order valence-electron chi connectivity index (χ1n) is 9.79. The summed E-state index contributed by atoms with van der Waals surface area (Å²) in [4.78, 5) is 18.8. The predicted octanol–water partition coefficient (Wildman–Crippen LogP) is 5.09. The molecule has 4 aliphatic carbocycles. The molecule has 0 saturated heterocycles. The van der Waals surface area contributed by atoms with Crippen molar-refractivity contribution in [2.75, 3.05) is 5.32 Å². The molecule has 2 aromatic heterocycles. The highest BCUT2D eigenvalue weighted by atomic mass is 32.1. The molecule has 134 valence electrons. The van der Waals surface area contributed by atoms with Gasteiger partial charge in [-0.1, -0.05) is 11.2 Å². The quantitative estimate of drug-likeness (QED) is 0.817. The van der Waals surface area contributed by atoms with E-state index in [2.05, 4.69) is 16.5 Å². The first-order valence-corrected chi connectivity index (χ1v) is 10.6. The van der Waals surface area contributed by atoms with Gasteiger partial charge >= 0.3 is 0 Å². The minimum absolute atomic E-state index is 0.0398. The smallest absolute Gasteiger partial charge is 0.261 e. The Hall–Kier alpha value is -1.95. The van der Waals surface area contributed by atoms with Crippen LogP contribution in [0.25, 0.3) is 11.5 Å². The molecule has 6 rings (SSSR count). The largest absolute Gasteiger partial charge is 0.334 e. The number of anilines is 1. The van der Waals surface area contributed by atoms with Crippen LogP contribution in [0, 0.1) is 0 Å². The standard InChI is InChI=1S/C20H21N3O2S/c24-18(11-3-1-2-4-11)22-20-15(19-21-17(23-25-19)10-5-6-10)14-12-7-8-13(9-12)16(14)26-20/h3,10,12-13H,1-2,4-9H2,(H,22,24). The van der Waals surface area contributed by atoms with Crippen LogP contribution in [-0.2, 0) is 4.79 Å². The zero-order valence-corrected chi connectivity index (χ0v) is 15.4. The van der Waals surface area contributed by atoms with Gasteiger partial charge in [-0.3, -0.25) is 4.79 Å². The van der Waals surface area contributed by atoms with Crippen LogP contribution in [0.4, 0.5) is 5.00 Å². The monoisotopic (exact) mass is 367 g/mol. The number of aromatic nitrogens is 2. The molecule has 0 aliphatic heterocycles. The van der Waals surface area contributed by atoms with Gasteiger partial charge in [-0.2, -0.15) is 4.98 Å². The minimum atomic E-state index is 0.0398. The molecular formula is C20H21N3O2S. The van der Waals surface area contributed by atoms with Crippen molar-refractivity contribution in [3.05, 3.63) is 27.9 Å². The lowest BCUT2D eigenvalue weighted by molar-refractivity contribution is -0.112. The van der Waals surface area contributed by atoms with Crippen LogP contribution < -0.4 is 5.32 Å². The Kier molecular flexibility index (Phi) is 3.22. The molecule has 5 nitrogen and oxygen atoms in total. The Morgan fingerprint density at radius 3 is 2.85 bits per heavy atom. The maximum atomic E-state index is 12.7. The summed E-state index contributed by atoms with van der Waals surface area (Å²) in [6.45, 7) is 0. The number of carbonyl (C=O) groups excluding carboxylic acids is 1. The average Bonchev–Trinajstić information content (AvgIpc) is 3.17. The van der Waals surface area contributed by atoms with Crippen LogP contribution >= 0.6 is 11.3 Å². The topological polar surface area (TPSA) is 68.0 Å². The van der Waals surface area contributed by atoms with E-state index in [0.717, 1.165) is 54.1 Å². The number of nitrogens with one attached hydrogen (secondary N) is 1. The van der Waals surface area contributed by atoms with Crippen molar-refractivity contribution in [1.82, 2.24) is 10.1 Å². The summed E-state index contributed by atoms with van der Waals surface area (Å²) < 4.78 is 5.67. The lowest BCUT2D eigenvalue weighted by atomic mass is 9.94. The van der Waals surface area contributed by atoms with Crippen molar-refractivity contribution in [1.29, 1.82) is 0 Å². The fourth-order valence-corrected chi connectivity index (χ4v) is 6.28. The predicted molar refractivity (Wildman–Crippen MR) is 99.5 cm³/mol. The maximum Gasteiger partial charge on any atom is 0.261 e. The number of rotatable bonds is 4. The molecule has 2 heterocycles. The minimum Gasteiger partial charge on any atom is -0.334 e. The molecule has 0 spiro atoms. The summed E-state index contributed by atoms with van der Waals surface area (Å²) >= 11 is 1.74. The van der Waals surface area contributed by atoms with Crippen LogP contribution in [0.1, 0.15) is 85.4 Å². The van der Waals surface area contributed by atoms with E-state index in [1.165, 1.54) is 29.7 Å². The third-order valence-corrected chi connectivity index (χ3v) is 7.63. The molecule has 2 fully saturated rings. The molecule has 0 aromatic carbocycles. The zero-order valence-electron chi connectivity index (χ0n) is 14.6. The van der Waals surface area contributed by atoms with Crippen LogP contribution in [0.5, 0.6) is 0 Å². The fourth-order valence-electron chi connectivity index (χ4n) is 4.86. The first-order chi connectivity index (χ1) is 12.8. The van der Waals surface area contributed by atoms with Gasteiger partial charge in [0.05, 0.1) is 5.56 Å². The van der Waals surface area contributed by atoms with Crippen molar-refractivity contribution in [3.63, 3.8) is 0 Å². The van der Waals surface area contributed by atoms with Gasteiger partial charge in [-0.15, -0.1) is 11.3 Å². The van der Waals surface area contributed by atoms with Crippen molar-refractivity contribution < 1.29 is 9.32 Å². The van der Waals surface area contributed by atoms with E-state index in [4.69, 9.17) is 9.51 Å². The van der Waals surface area contributed by atoms with E-state index in [9.17, 15) is 4.79 Å². The summed E-state index contributed by atoms with van der Waals surface area (Å²) in [6, 6.07) is 0. The van der Waals surface area contributed by atoms with E-state index in [1.54, 1.807) is 11.3 Å². The lowest BCUT2D eigenvalue weighted by Gasteiger charge is -2.11. The third kappa shape index (κ3) is 2.24. The van der Waals surface area contributed by atoms with Crippen LogP contribution in [-0.4, -0.2) is 16.0 Å². The first kappa shape index (κ1) is 15.1. The van der Waals surface area contributed by atoms with Gasteiger partial charge in [-0.05, 0) is 68.8 Å². The van der Waals surface area contributed by atoms with Crippen molar-refractivity contribution >= 4 is 22.2 Å². The highest BCUT2D eigenvalue weighted by Crippen LogP contribution is 2.61. The molecule has 2 saturated carbocycles. The SMILES string of the molecule is O=C(Nc1sc2c(c1-c1nc(C3CC3)no1)C1CCC2C1)C1=CCCC1. The number of carbonyl (C=O) groups is 1. The van der Waals surface area contributed by atoms with Gasteiger partial charge in [0.2, 0.25) is 0 Å². The van der Waals surface area contributed by atoms with E-state index in [0.29, 0.717) is 23.6 Å². The molecule has 26 heavy (non-hydrogen) atoms. The van der Waals surface area contributed by atoms with Crippen LogP contribution in [0.3, 0.4) is 0 Å². The molecule has 2 atom stereocenters. The molecule has 0 radical (unpaired) electrons. The number of thiophene rings is 1. The number of allylic oxidation sites excluding steroid dienone is 1. The summed E-state index contributed by atoms with van der Waals surface area (Å²) in [5, 5.41) is 8.31. The molecule has 2 bridgehead atoms. The molecule has 1 amide bonds. The summed E-state index contributed by atoms with van der Waals surface area (Å²) in [7, 11) is 0. The highest BCUT2D eigenvalue weighted by Gasteiger charge is 2.43. The Morgan fingerprint density at radius 2 is 2.04 bits per heavy atom. The van der Waals surface area contributed by atoms with E-state index in [1.807, 2.05) is 0 Å². The van der Waals surface area contributed by atoms with E-state index >= 15 is 0 Å². The van der Waals surface area contributed by atoms with Gasteiger partial charge in [0.1, 0.15) is 5.00 Å². The summed E-state index contributed by atoms with van der Waals surface area (Å²) in [5.41, 5.74) is 3.31. The second-order valence-corrected chi connectivity index (χ2v) is 9.15. The number of nitrogens with zero attached hydrogens (tertiary/aromatic N) is 2. The Bertz CT molecular complexity index is 937. The number of hydrogen-bond acceptors (Lipinski definition) is 5. The average molecular weight is 367 g/mol. The Labute approximate surface area is 155 Å². The Balaban J connectivity index is 1.42. The second-order valence-electron chi connectivity index (χ2n) is 8.10. The third-order valence-electron chi connectivity index (χ3n) is 6.34. The fraction of sp³-hybridized carbons (Fsp3) is 0.550. The number of amides is 1. The van der Waals surface area contributed by atoms with E-state index < -0.39 is 0 Å². The van der Waals surface area contributed by atoms with Crippen molar-refractivity contribution in [3.8, 4) is 11.5 Å². The lowest BCUT2D eigenvalue weighted by Crippen LogP contribution is -2.13. The van der Waals surface area contributed by atoms with Gasteiger partial charge in [0, 0.05) is 16.4 Å². The maximum absolute atomic E-state index is 12.7. The summed E-state index contributed by atoms with van der Waals surface area (Å²) in [5.74, 6) is 3.19. The van der Waals surface area contributed by atoms with Crippen molar-refractivity contribution in [2.24, 2.45) is 0 Å². The molecule has 1 N–H and O–H groups in total. The second kappa shape index (κ2) is 5.52. The molecule has 2 aromatic rings.